The van der Waals surface area contributed by atoms with Crippen LogP contribution >= 0.6 is 22.9 Å². The van der Waals surface area contributed by atoms with Crippen molar-refractivity contribution < 1.29 is 27.5 Å². The van der Waals surface area contributed by atoms with Gasteiger partial charge in [-0.1, -0.05) is 48.9 Å². The standard InChI is InChI=1S/C40H34ClF3N10O4S/c1-3-29-34(51-13-15-52(16-14-51)37(56)33-35(23(2)46-22-47-33)58-21-24-7-5-4-6-8-24)38(57)54-39(49-36(50-54)31-17-25-19-45-12-11-30(25)59-31)53(29)20-32(55)48-28-10-9-26(18-27(28)41)40(42,43)44/h4-12,17-19,22H,3,13-16,20-21H2,1-2H3,(H,48,55). The molecule has 1 saturated heterocycles. The molecular weight excluding hydrogens is 809 g/mol. The van der Waals surface area contributed by atoms with Crippen molar-refractivity contribution in [3.05, 3.63) is 123 Å². The van der Waals surface area contributed by atoms with E-state index in [1.165, 1.54) is 17.7 Å². The number of hydrogen-bond donors (Lipinski definition) is 1. The number of ether oxygens (including phenoxy) is 1. The Kier molecular flexibility index (Phi) is 10.8. The summed E-state index contributed by atoms with van der Waals surface area (Å²) in [5.74, 6) is -0.344. The number of piperazine rings is 1. The Balaban J connectivity index is 1.11. The third-order valence-corrected chi connectivity index (χ3v) is 11.3. The van der Waals surface area contributed by atoms with Crippen LogP contribution in [-0.4, -0.2) is 77.0 Å². The van der Waals surface area contributed by atoms with Crippen LogP contribution in [0.15, 0.2) is 84.2 Å². The lowest BCUT2D eigenvalue weighted by molar-refractivity contribution is -0.137. The second-order valence-electron chi connectivity index (χ2n) is 13.6. The molecule has 0 unspecified atom stereocenters. The van der Waals surface area contributed by atoms with Gasteiger partial charge in [0, 0.05) is 48.7 Å². The van der Waals surface area contributed by atoms with Gasteiger partial charge in [0.15, 0.2) is 17.3 Å². The first kappa shape index (κ1) is 39.4. The normalized spacial score (nSPS) is 13.3. The smallest absolute Gasteiger partial charge is 0.416 e. The molecule has 14 nitrogen and oxygen atoms in total. The van der Waals surface area contributed by atoms with E-state index in [1.54, 1.807) is 28.8 Å². The lowest BCUT2D eigenvalue weighted by Gasteiger charge is -2.36. The fraction of sp³-hybridized carbons (Fsp3) is 0.250. The molecule has 1 aliphatic heterocycles. The van der Waals surface area contributed by atoms with Gasteiger partial charge in [0.05, 0.1) is 32.5 Å². The molecule has 6 heterocycles. The van der Waals surface area contributed by atoms with Gasteiger partial charge in [0.2, 0.25) is 11.7 Å². The van der Waals surface area contributed by atoms with Crippen molar-refractivity contribution in [3.63, 3.8) is 0 Å². The van der Waals surface area contributed by atoms with E-state index in [1.807, 2.05) is 54.3 Å². The lowest BCUT2D eigenvalue weighted by atomic mass is 10.2. The van der Waals surface area contributed by atoms with Gasteiger partial charge < -0.3 is 24.4 Å². The fourth-order valence-electron chi connectivity index (χ4n) is 6.95. The Morgan fingerprint density at radius 2 is 1.80 bits per heavy atom. The van der Waals surface area contributed by atoms with E-state index in [0.29, 0.717) is 16.3 Å². The number of carbonyl (C=O) groups is 2. The van der Waals surface area contributed by atoms with Crippen LogP contribution in [-0.2, 0) is 30.5 Å². The highest BCUT2D eigenvalue weighted by Crippen LogP contribution is 2.35. The Morgan fingerprint density at radius 3 is 2.51 bits per heavy atom. The molecule has 2 aromatic carbocycles. The Bertz CT molecular complexity index is 2750. The van der Waals surface area contributed by atoms with Gasteiger partial charge in [0.1, 0.15) is 25.2 Å². The number of pyridine rings is 1. The third kappa shape index (κ3) is 7.92. The minimum Gasteiger partial charge on any atom is -0.485 e. The highest BCUT2D eigenvalue weighted by Gasteiger charge is 2.33. The largest absolute Gasteiger partial charge is 0.485 e. The zero-order valence-corrected chi connectivity index (χ0v) is 33.1. The number of alkyl halides is 3. The highest BCUT2D eigenvalue weighted by atomic mass is 35.5. The second kappa shape index (κ2) is 16.1. The van der Waals surface area contributed by atoms with Gasteiger partial charge in [-0.05, 0) is 49.2 Å². The van der Waals surface area contributed by atoms with Crippen molar-refractivity contribution in [2.45, 2.75) is 39.6 Å². The number of hydrogen-bond acceptors (Lipinski definition) is 11. The summed E-state index contributed by atoms with van der Waals surface area (Å²) in [6.45, 7) is 4.37. The molecule has 0 radical (unpaired) electrons. The zero-order chi connectivity index (χ0) is 41.4. The van der Waals surface area contributed by atoms with Crippen LogP contribution in [0.3, 0.4) is 0 Å². The van der Waals surface area contributed by atoms with Crippen LogP contribution in [0, 0.1) is 6.92 Å². The van der Waals surface area contributed by atoms with Crippen molar-refractivity contribution >= 4 is 62.0 Å². The van der Waals surface area contributed by atoms with Gasteiger partial charge in [-0.3, -0.25) is 19.4 Å². The molecule has 0 bridgehead atoms. The number of fused-ring (bicyclic) bond motifs is 2. The molecule has 302 valence electrons. The maximum atomic E-state index is 14.5. The van der Waals surface area contributed by atoms with E-state index in [4.69, 9.17) is 21.3 Å². The van der Waals surface area contributed by atoms with E-state index >= 15 is 0 Å². The molecule has 8 rings (SSSR count). The first-order valence-corrected chi connectivity index (χ1v) is 19.6. The molecule has 0 atom stereocenters. The van der Waals surface area contributed by atoms with E-state index in [2.05, 4.69) is 25.4 Å². The number of anilines is 2. The summed E-state index contributed by atoms with van der Waals surface area (Å²) in [5.41, 5.74) is 0.860. The van der Waals surface area contributed by atoms with Gasteiger partial charge in [-0.2, -0.15) is 22.7 Å². The maximum absolute atomic E-state index is 14.5. The Morgan fingerprint density at radius 1 is 1.02 bits per heavy atom. The van der Waals surface area contributed by atoms with E-state index < -0.39 is 23.2 Å². The summed E-state index contributed by atoms with van der Waals surface area (Å²) in [4.78, 5) is 63.8. The van der Waals surface area contributed by atoms with E-state index in [-0.39, 0.29) is 91.1 Å². The molecule has 1 N–H and O–H groups in total. The average Bonchev–Trinajstić information content (AvgIpc) is 3.88. The SMILES string of the molecule is CCc1c(N2CCN(C(=O)c3ncnc(C)c3OCc3ccccc3)CC2)c(=O)n2nc(-c3cc4cnccc4s3)nc2n1CC(=O)Nc1ccc(C(F)(F)F)cc1Cl. The predicted molar refractivity (Wildman–Crippen MR) is 216 cm³/mol. The quantitative estimate of drug-likeness (QED) is 0.158. The summed E-state index contributed by atoms with van der Waals surface area (Å²) in [6.07, 6.45) is 0.370. The van der Waals surface area contributed by atoms with Gasteiger partial charge >= 0.3 is 6.18 Å². The number of nitrogens with one attached hydrogen (secondary N) is 1. The zero-order valence-electron chi connectivity index (χ0n) is 31.5. The van der Waals surface area contributed by atoms with Crippen molar-refractivity contribution in [2.75, 3.05) is 36.4 Å². The maximum Gasteiger partial charge on any atom is 0.416 e. The van der Waals surface area contributed by atoms with Crippen molar-refractivity contribution in [1.82, 2.24) is 39.0 Å². The number of carbonyl (C=O) groups excluding carboxylic acids is 2. The number of nitrogens with zero attached hydrogens (tertiary/aromatic N) is 9. The number of aromatic nitrogens is 7. The molecular formula is C40H34ClF3N10O4S. The van der Waals surface area contributed by atoms with E-state index in [9.17, 15) is 27.6 Å². The number of aryl methyl sites for hydroxylation is 1. The number of benzene rings is 2. The molecule has 0 aliphatic carbocycles. The van der Waals surface area contributed by atoms with Crippen LogP contribution in [0.25, 0.3) is 26.6 Å². The summed E-state index contributed by atoms with van der Waals surface area (Å²) in [7, 11) is 0. The van der Waals surface area contributed by atoms with Crippen LogP contribution in [0.4, 0.5) is 24.5 Å². The topological polar surface area (TPSA) is 153 Å². The van der Waals surface area contributed by atoms with Crippen molar-refractivity contribution in [1.29, 1.82) is 0 Å². The molecule has 0 spiro atoms. The van der Waals surface area contributed by atoms with Crippen molar-refractivity contribution in [3.8, 4) is 16.5 Å². The number of thiophene rings is 1. The molecule has 19 heteroatoms. The average molecular weight is 843 g/mol. The molecule has 1 aliphatic rings. The van der Waals surface area contributed by atoms with Crippen LogP contribution in [0.5, 0.6) is 5.75 Å². The first-order valence-electron chi connectivity index (χ1n) is 18.4. The summed E-state index contributed by atoms with van der Waals surface area (Å²) >= 11 is 7.59. The summed E-state index contributed by atoms with van der Waals surface area (Å²) in [6, 6.07) is 15.9. The monoisotopic (exact) mass is 842 g/mol. The molecule has 59 heavy (non-hydrogen) atoms. The van der Waals surface area contributed by atoms with Gasteiger partial charge in [0.25, 0.3) is 11.5 Å². The molecule has 1 fully saturated rings. The van der Waals surface area contributed by atoms with Crippen molar-refractivity contribution in [2.24, 2.45) is 0 Å². The first-order chi connectivity index (χ1) is 28.4. The molecule has 7 aromatic rings. The lowest BCUT2D eigenvalue weighted by Crippen LogP contribution is -2.51. The molecule has 0 saturated carbocycles. The second-order valence-corrected chi connectivity index (χ2v) is 15.1. The summed E-state index contributed by atoms with van der Waals surface area (Å²) in [5, 5.41) is 7.81. The Hall–Kier alpha value is -6.40. The highest BCUT2D eigenvalue weighted by molar-refractivity contribution is 7.22. The third-order valence-electron chi connectivity index (χ3n) is 9.86. The fourth-order valence-corrected chi connectivity index (χ4v) is 8.14. The van der Waals surface area contributed by atoms with E-state index in [0.717, 1.165) is 38.4 Å². The minimum atomic E-state index is -4.62. The van der Waals surface area contributed by atoms with Crippen LogP contribution in [0.2, 0.25) is 5.02 Å². The molecule has 5 aromatic heterocycles. The van der Waals surface area contributed by atoms with Crippen LogP contribution < -0.4 is 20.5 Å². The number of amides is 2. The predicted octanol–water partition coefficient (Wildman–Crippen LogP) is 6.68. The number of halogens is 4. The summed E-state index contributed by atoms with van der Waals surface area (Å²) < 4.78 is 49.7. The van der Waals surface area contributed by atoms with Crippen LogP contribution in [0.1, 0.15) is 39.9 Å². The van der Waals surface area contributed by atoms with Gasteiger partial charge in [-0.25, -0.2) is 9.97 Å². The minimum absolute atomic E-state index is 0.0191. The number of rotatable bonds is 10. The molecule has 2 amide bonds. The van der Waals surface area contributed by atoms with Gasteiger partial charge in [-0.15, -0.1) is 16.4 Å². The Labute approximate surface area is 342 Å².